The van der Waals surface area contributed by atoms with Gasteiger partial charge in [0.05, 0.1) is 8.80 Å². The molecule has 3 heteroatoms. The van der Waals surface area contributed by atoms with Gasteiger partial charge in [0.2, 0.25) is 0 Å². The van der Waals surface area contributed by atoms with Crippen molar-refractivity contribution in [3.05, 3.63) is 0 Å². The monoisotopic (exact) mass is 145 g/mol. The second-order valence-corrected chi connectivity index (χ2v) is 5.23. The summed E-state index contributed by atoms with van der Waals surface area (Å²) in [5.74, 6) is -0.628. The van der Waals surface area contributed by atoms with E-state index in [9.17, 15) is 4.79 Å². The molecule has 0 aliphatic rings. The zero-order chi connectivity index (χ0) is 7.44. The highest BCUT2D eigenvalue weighted by molar-refractivity contribution is 6.61. The maximum Gasteiger partial charge on any atom is 0.303 e. The maximum atomic E-state index is 10.4. The largest absolute Gasteiger partial charge is 0.481 e. The first-order valence-corrected chi connectivity index (χ1v) is 5.70. The fourth-order valence-electron chi connectivity index (χ4n) is 0.830. The molecule has 0 aromatic carbocycles. The molecular weight excluding hydrogens is 132 g/mol. The lowest BCUT2D eigenvalue weighted by atomic mass is 10.3. The number of carboxylic acids is 1. The lowest BCUT2D eigenvalue weighted by Crippen LogP contribution is -2.19. The molecule has 0 heterocycles. The highest BCUT2D eigenvalue weighted by Crippen LogP contribution is 2.14. The highest BCUT2D eigenvalue weighted by atomic mass is 28.3. The quantitative estimate of drug-likeness (QED) is 0.612. The minimum atomic E-state index is -0.628. The number of aliphatic carboxylic acids is 1. The molecule has 0 spiro atoms. The van der Waals surface area contributed by atoms with Crippen molar-refractivity contribution in [1.29, 1.82) is 0 Å². The molecule has 53 valence electrons. The summed E-state index contributed by atoms with van der Waals surface area (Å²) in [6.07, 6.45) is 0.774. The number of hydrogen-bond donors (Lipinski definition) is 1. The Kier molecular flexibility index (Phi) is 3.54. The second-order valence-electron chi connectivity index (χ2n) is 2.38. The minimum Gasteiger partial charge on any atom is -0.481 e. The summed E-state index contributed by atoms with van der Waals surface area (Å²) in [6.45, 7) is 6.00. The van der Waals surface area contributed by atoms with Crippen molar-refractivity contribution in [1.82, 2.24) is 0 Å². The number of carbonyl (C=O) groups is 1. The van der Waals surface area contributed by atoms with Gasteiger partial charge in [-0.05, 0) is 6.42 Å². The Labute approximate surface area is 57.5 Å². The molecule has 0 aliphatic carbocycles. The van der Waals surface area contributed by atoms with Crippen molar-refractivity contribution in [2.24, 2.45) is 0 Å². The molecule has 0 amide bonds. The van der Waals surface area contributed by atoms with Crippen LogP contribution in [-0.4, -0.2) is 19.9 Å². The molecule has 9 heavy (non-hydrogen) atoms. The summed E-state index contributed by atoms with van der Waals surface area (Å²) in [6, 6.07) is 0. The topological polar surface area (TPSA) is 37.3 Å². The zero-order valence-corrected chi connectivity index (χ0v) is 7.14. The van der Waals surface area contributed by atoms with E-state index in [1.807, 2.05) is 20.0 Å². The average molecular weight is 145 g/mol. The summed E-state index contributed by atoms with van der Waals surface area (Å²) in [5.41, 5.74) is -0.0602. The van der Waals surface area contributed by atoms with Crippen LogP contribution in [0.1, 0.15) is 13.3 Å². The van der Waals surface area contributed by atoms with Gasteiger partial charge in [-0.25, -0.2) is 0 Å². The van der Waals surface area contributed by atoms with E-state index in [2.05, 4.69) is 0 Å². The van der Waals surface area contributed by atoms with Crippen LogP contribution >= 0.6 is 0 Å². The van der Waals surface area contributed by atoms with Crippen molar-refractivity contribution >= 4 is 14.8 Å². The van der Waals surface area contributed by atoms with E-state index in [1.165, 1.54) is 0 Å². The molecule has 1 atom stereocenters. The molecule has 0 saturated heterocycles. The summed E-state index contributed by atoms with van der Waals surface area (Å²) in [5, 5.41) is 8.57. The molecule has 1 radical (unpaired) electrons. The molecule has 1 unspecified atom stereocenters. The van der Waals surface area contributed by atoms with Crippen LogP contribution in [-0.2, 0) is 4.79 Å². The first kappa shape index (κ1) is 8.69. The van der Waals surface area contributed by atoms with Crippen LogP contribution in [0.3, 0.4) is 0 Å². The van der Waals surface area contributed by atoms with Gasteiger partial charge >= 0.3 is 5.97 Å². The van der Waals surface area contributed by atoms with E-state index in [0.29, 0.717) is 0 Å². The van der Waals surface area contributed by atoms with Crippen molar-refractivity contribution in [2.45, 2.75) is 32.0 Å². The maximum absolute atomic E-state index is 10.4. The summed E-state index contributed by atoms with van der Waals surface area (Å²) < 4.78 is 0. The van der Waals surface area contributed by atoms with Crippen LogP contribution in [0.5, 0.6) is 0 Å². The lowest BCUT2D eigenvalue weighted by molar-refractivity contribution is -0.137. The van der Waals surface area contributed by atoms with Crippen molar-refractivity contribution in [3.8, 4) is 0 Å². The molecule has 0 fully saturated rings. The summed E-state index contributed by atoms with van der Waals surface area (Å²) in [4.78, 5) is 10.4. The standard InChI is InChI=1S/C6H13O2Si/c1-4-5(6(7)8)9(2)3/h5H,4H2,1-3H3,(H,7,8). The molecule has 0 aromatic heterocycles. The van der Waals surface area contributed by atoms with Gasteiger partial charge in [0.25, 0.3) is 0 Å². The zero-order valence-electron chi connectivity index (χ0n) is 6.14. The van der Waals surface area contributed by atoms with E-state index >= 15 is 0 Å². The van der Waals surface area contributed by atoms with Crippen LogP contribution in [0.15, 0.2) is 0 Å². The Hall–Kier alpha value is -0.313. The third kappa shape index (κ3) is 2.65. The minimum absolute atomic E-state index is 0.0602. The molecule has 0 aromatic rings. The van der Waals surface area contributed by atoms with Gasteiger partial charge in [-0.2, -0.15) is 0 Å². The second kappa shape index (κ2) is 3.66. The Balaban J connectivity index is 3.83. The fourth-order valence-corrected chi connectivity index (χ4v) is 2.14. The molecule has 0 bridgehead atoms. The van der Waals surface area contributed by atoms with Gasteiger partial charge in [-0.3, -0.25) is 4.79 Å². The van der Waals surface area contributed by atoms with Crippen LogP contribution in [0.2, 0.25) is 18.6 Å². The fraction of sp³-hybridized carbons (Fsp3) is 0.833. The first-order valence-electron chi connectivity index (χ1n) is 3.12. The first-order chi connectivity index (χ1) is 4.09. The molecule has 2 nitrogen and oxygen atoms in total. The van der Waals surface area contributed by atoms with Gasteiger partial charge in [0, 0.05) is 5.54 Å². The SMILES string of the molecule is CCC(C(=O)O)[Si](C)C. The summed E-state index contributed by atoms with van der Waals surface area (Å²) >= 11 is 0. The van der Waals surface area contributed by atoms with Crippen LogP contribution < -0.4 is 0 Å². The van der Waals surface area contributed by atoms with Crippen LogP contribution in [0.25, 0.3) is 0 Å². The van der Waals surface area contributed by atoms with E-state index in [0.717, 1.165) is 6.42 Å². The predicted molar refractivity (Wildman–Crippen MR) is 39.2 cm³/mol. The Morgan fingerprint density at radius 2 is 2.11 bits per heavy atom. The number of carboxylic acid groups (broad SMARTS) is 1. The van der Waals surface area contributed by atoms with Gasteiger partial charge < -0.3 is 5.11 Å². The van der Waals surface area contributed by atoms with Gasteiger partial charge in [-0.15, -0.1) is 0 Å². The van der Waals surface area contributed by atoms with Crippen molar-refractivity contribution in [2.75, 3.05) is 0 Å². The normalized spacial score (nSPS) is 13.8. The van der Waals surface area contributed by atoms with E-state index in [4.69, 9.17) is 5.11 Å². The Bertz CT molecular complexity index is 101. The van der Waals surface area contributed by atoms with Gasteiger partial charge in [0.15, 0.2) is 0 Å². The highest BCUT2D eigenvalue weighted by Gasteiger charge is 2.19. The Morgan fingerprint density at radius 3 is 2.11 bits per heavy atom. The van der Waals surface area contributed by atoms with E-state index in [-0.39, 0.29) is 5.54 Å². The smallest absolute Gasteiger partial charge is 0.303 e. The molecule has 0 rings (SSSR count). The number of rotatable bonds is 3. The predicted octanol–water partition coefficient (Wildman–Crippen LogP) is 1.61. The van der Waals surface area contributed by atoms with Crippen molar-refractivity contribution in [3.63, 3.8) is 0 Å². The van der Waals surface area contributed by atoms with Crippen molar-refractivity contribution < 1.29 is 9.90 Å². The summed E-state index contributed by atoms with van der Waals surface area (Å²) in [7, 11) is -0.623. The van der Waals surface area contributed by atoms with E-state index < -0.39 is 14.8 Å². The molecule has 0 aliphatic heterocycles. The number of hydrogen-bond acceptors (Lipinski definition) is 1. The molecular formula is C6H13O2Si. The molecule has 0 saturated carbocycles. The van der Waals surface area contributed by atoms with Gasteiger partial charge in [-0.1, -0.05) is 20.0 Å². The molecule has 1 N–H and O–H groups in total. The third-order valence-corrected chi connectivity index (χ3v) is 3.45. The van der Waals surface area contributed by atoms with Crippen LogP contribution in [0.4, 0.5) is 0 Å². The Morgan fingerprint density at radius 1 is 1.67 bits per heavy atom. The third-order valence-electron chi connectivity index (χ3n) is 1.40. The lowest BCUT2D eigenvalue weighted by Gasteiger charge is -2.10. The van der Waals surface area contributed by atoms with E-state index in [1.54, 1.807) is 0 Å². The average Bonchev–Trinajstić information content (AvgIpc) is 1.64. The van der Waals surface area contributed by atoms with Crippen LogP contribution in [0, 0.1) is 0 Å². The van der Waals surface area contributed by atoms with Gasteiger partial charge in [0.1, 0.15) is 0 Å².